The molecule has 118 valence electrons. The third-order valence-corrected chi connectivity index (χ3v) is 3.96. The maximum Gasteiger partial charge on any atom is 0.183 e. The largest absolute Gasteiger partial charge is 0.493 e. The van der Waals surface area contributed by atoms with Crippen molar-refractivity contribution < 1.29 is 14.6 Å². The van der Waals surface area contributed by atoms with E-state index in [4.69, 9.17) is 9.47 Å². The van der Waals surface area contributed by atoms with Gasteiger partial charge in [0.2, 0.25) is 0 Å². The Hall–Kier alpha value is -2.19. The van der Waals surface area contributed by atoms with Crippen molar-refractivity contribution in [2.45, 2.75) is 18.6 Å². The van der Waals surface area contributed by atoms with Crippen LogP contribution in [0, 0.1) is 0 Å². The number of H-pyrrole nitrogens is 1. The molecular weight excluding hydrogens is 286 g/mol. The Morgan fingerprint density at radius 3 is 2.95 bits per heavy atom. The van der Waals surface area contributed by atoms with Gasteiger partial charge >= 0.3 is 0 Å². The van der Waals surface area contributed by atoms with Gasteiger partial charge in [0.1, 0.15) is 17.0 Å². The van der Waals surface area contributed by atoms with Crippen LogP contribution >= 0.6 is 0 Å². The average molecular weight is 305 g/mol. The summed E-state index contributed by atoms with van der Waals surface area (Å²) in [7, 11) is 3.19. The third kappa shape index (κ3) is 2.62. The summed E-state index contributed by atoms with van der Waals surface area (Å²) in [5.41, 5.74) is 0.380. The molecule has 2 aromatic heterocycles. The molecule has 0 amide bonds. The molecule has 8 nitrogen and oxygen atoms in total. The monoisotopic (exact) mass is 305 g/mol. The molecule has 22 heavy (non-hydrogen) atoms. The summed E-state index contributed by atoms with van der Waals surface area (Å²) in [5, 5.41) is 21.0. The highest BCUT2D eigenvalue weighted by molar-refractivity contribution is 5.42. The van der Waals surface area contributed by atoms with Gasteiger partial charge in [0, 0.05) is 31.9 Å². The molecule has 1 atom stereocenters. The van der Waals surface area contributed by atoms with E-state index in [1.165, 1.54) is 0 Å². The van der Waals surface area contributed by atoms with Crippen molar-refractivity contribution in [3.8, 4) is 11.5 Å². The number of hydrogen-bond acceptors (Lipinski definition) is 7. The molecule has 0 bridgehead atoms. The molecule has 0 saturated carbocycles. The van der Waals surface area contributed by atoms with Gasteiger partial charge in [-0.2, -0.15) is 15.4 Å². The van der Waals surface area contributed by atoms with Gasteiger partial charge in [-0.05, 0) is 6.42 Å². The fourth-order valence-corrected chi connectivity index (χ4v) is 2.82. The van der Waals surface area contributed by atoms with E-state index in [2.05, 4.69) is 25.3 Å². The van der Waals surface area contributed by atoms with Gasteiger partial charge in [0.15, 0.2) is 11.5 Å². The Kier molecular flexibility index (Phi) is 3.95. The SMILES string of the molecule is COc1ccnc(CN2CCC(O)(c3cn[nH]n3)C2)c1OC. The molecular formula is C14H19N5O3. The minimum atomic E-state index is -0.973. The normalized spacial score (nSPS) is 22.0. The number of β-amino-alcohol motifs (C(OH)–C–C–N with tert-alkyl or cyclic N) is 1. The number of aromatic amines is 1. The molecule has 2 aromatic rings. The molecule has 1 saturated heterocycles. The second-order valence-electron chi connectivity index (χ2n) is 5.34. The van der Waals surface area contributed by atoms with E-state index in [9.17, 15) is 5.11 Å². The summed E-state index contributed by atoms with van der Waals surface area (Å²) in [5.74, 6) is 1.28. The van der Waals surface area contributed by atoms with Gasteiger partial charge in [-0.3, -0.25) is 9.88 Å². The van der Waals surface area contributed by atoms with Crippen molar-refractivity contribution in [3.63, 3.8) is 0 Å². The highest BCUT2D eigenvalue weighted by Gasteiger charge is 2.40. The van der Waals surface area contributed by atoms with Crippen LogP contribution in [0.5, 0.6) is 11.5 Å². The Labute approximate surface area is 128 Å². The number of ether oxygens (including phenoxy) is 2. The third-order valence-electron chi connectivity index (χ3n) is 3.96. The molecule has 0 radical (unpaired) electrons. The first-order valence-corrected chi connectivity index (χ1v) is 7.03. The standard InChI is InChI=1S/C14H19N5O3/c1-21-11-3-5-15-10(13(11)22-2)8-19-6-4-14(20,9-19)12-7-16-18-17-12/h3,5,7,20H,4,6,8-9H2,1-2H3,(H,16,17,18). The summed E-state index contributed by atoms with van der Waals surface area (Å²) in [4.78, 5) is 6.48. The number of methoxy groups -OCH3 is 2. The van der Waals surface area contributed by atoms with Gasteiger partial charge in [0.25, 0.3) is 0 Å². The smallest absolute Gasteiger partial charge is 0.183 e. The van der Waals surface area contributed by atoms with Gasteiger partial charge in [-0.1, -0.05) is 0 Å². The number of aromatic nitrogens is 4. The van der Waals surface area contributed by atoms with Crippen LogP contribution in [0.4, 0.5) is 0 Å². The quantitative estimate of drug-likeness (QED) is 0.820. The van der Waals surface area contributed by atoms with E-state index in [1.54, 1.807) is 32.7 Å². The first kappa shape index (κ1) is 14.7. The Bertz CT molecular complexity index is 633. The first-order valence-electron chi connectivity index (χ1n) is 7.03. The first-order chi connectivity index (χ1) is 10.7. The number of hydrogen-bond donors (Lipinski definition) is 2. The number of nitrogens with zero attached hydrogens (tertiary/aromatic N) is 4. The summed E-state index contributed by atoms with van der Waals surface area (Å²) in [6.45, 7) is 1.79. The highest BCUT2D eigenvalue weighted by Crippen LogP contribution is 2.34. The summed E-state index contributed by atoms with van der Waals surface area (Å²) >= 11 is 0. The zero-order valence-electron chi connectivity index (χ0n) is 12.6. The maximum atomic E-state index is 10.7. The van der Waals surface area contributed by atoms with E-state index in [-0.39, 0.29) is 0 Å². The molecule has 1 unspecified atom stereocenters. The van der Waals surface area contributed by atoms with Crippen molar-refractivity contribution in [1.82, 2.24) is 25.3 Å². The molecule has 3 rings (SSSR count). The minimum absolute atomic E-state index is 0.474. The van der Waals surface area contributed by atoms with Gasteiger partial charge in [-0.15, -0.1) is 0 Å². The predicted octanol–water partition coefficient (Wildman–Crippen LogP) is 0.310. The van der Waals surface area contributed by atoms with Gasteiger partial charge in [-0.25, -0.2) is 0 Å². The summed E-state index contributed by atoms with van der Waals surface area (Å²) < 4.78 is 10.7. The second kappa shape index (κ2) is 5.90. The zero-order valence-corrected chi connectivity index (χ0v) is 12.6. The lowest BCUT2D eigenvalue weighted by Crippen LogP contribution is -2.31. The number of nitrogens with one attached hydrogen (secondary N) is 1. The topological polar surface area (TPSA) is 96.4 Å². The number of rotatable bonds is 5. The lowest BCUT2D eigenvalue weighted by molar-refractivity contribution is 0.0406. The van der Waals surface area contributed by atoms with Crippen LogP contribution in [0.3, 0.4) is 0 Å². The molecule has 0 aliphatic carbocycles. The molecule has 1 fully saturated rings. The van der Waals surface area contributed by atoms with Crippen LogP contribution in [0.15, 0.2) is 18.5 Å². The lowest BCUT2D eigenvalue weighted by Gasteiger charge is -2.21. The van der Waals surface area contributed by atoms with Crippen molar-refractivity contribution in [1.29, 1.82) is 0 Å². The minimum Gasteiger partial charge on any atom is -0.493 e. The van der Waals surface area contributed by atoms with Gasteiger partial charge in [0.05, 0.1) is 20.4 Å². The van der Waals surface area contributed by atoms with E-state index >= 15 is 0 Å². The van der Waals surface area contributed by atoms with E-state index in [0.29, 0.717) is 36.7 Å². The van der Waals surface area contributed by atoms with Crippen molar-refractivity contribution >= 4 is 0 Å². The van der Waals surface area contributed by atoms with Crippen molar-refractivity contribution in [2.75, 3.05) is 27.3 Å². The fraction of sp³-hybridized carbons (Fsp3) is 0.500. The lowest BCUT2D eigenvalue weighted by atomic mass is 10.0. The molecule has 1 aliphatic rings. The van der Waals surface area contributed by atoms with Crippen LogP contribution in [0.2, 0.25) is 0 Å². The number of aliphatic hydroxyl groups is 1. The van der Waals surface area contributed by atoms with Crippen LogP contribution in [-0.2, 0) is 12.1 Å². The van der Waals surface area contributed by atoms with Crippen LogP contribution in [-0.4, -0.2) is 57.7 Å². The van der Waals surface area contributed by atoms with Crippen LogP contribution < -0.4 is 9.47 Å². The number of likely N-dealkylation sites (tertiary alicyclic amines) is 1. The molecule has 2 N–H and O–H groups in total. The van der Waals surface area contributed by atoms with Crippen molar-refractivity contribution in [2.24, 2.45) is 0 Å². The van der Waals surface area contributed by atoms with Crippen LogP contribution in [0.1, 0.15) is 17.8 Å². The molecule has 0 spiro atoms. The maximum absolute atomic E-state index is 10.7. The van der Waals surface area contributed by atoms with E-state index < -0.39 is 5.60 Å². The van der Waals surface area contributed by atoms with E-state index in [0.717, 1.165) is 12.2 Å². The highest BCUT2D eigenvalue weighted by atomic mass is 16.5. The second-order valence-corrected chi connectivity index (χ2v) is 5.34. The van der Waals surface area contributed by atoms with E-state index in [1.807, 2.05) is 0 Å². The van der Waals surface area contributed by atoms with Crippen molar-refractivity contribution in [3.05, 3.63) is 29.8 Å². The van der Waals surface area contributed by atoms with Crippen LogP contribution in [0.25, 0.3) is 0 Å². The Morgan fingerprint density at radius 2 is 2.27 bits per heavy atom. The Balaban J connectivity index is 1.76. The predicted molar refractivity (Wildman–Crippen MR) is 77.5 cm³/mol. The summed E-state index contributed by atoms with van der Waals surface area (Å²) in [6, 6.07) is 1.76. The van der Waals surface area contributed by atoms with Gasteiger partial charge < -0.3 is 14.6 Å². The summed E-state index contributed by atoms with van der Waals surface area (Å²) in [6.07, 6.45) is 3.86. The number of pyridine rings is 1. The fourth-order valence-electron chi connectivity index (χ4n) is 2.82. The molecule has 8 heteroatoms. The molecule has 3 heterocycles. The average Bonchev–Trinajstić information content (AvgIpc) is 3.18. The zero-order chi connectivity index (χ0) is 15.6. The molecule has 1 aliphatic heterocycles. The molecule has 0 aromatic carbocycles. The Morgan fingerprint density at radius 1 is 1.41 bits per heavy atom.